The molecule has 0 spiro atoms. The van der Waals surface area contributed by atoms with E-state index < -0.39 is 40.0 Å². The number of fused-ring (bicyclic) bond motifs is 1. The highest BCUT2D eigenvalue weighted by atomic mass is 79.9. The number of amides is 2. The molecule has 0 N–H and O–H groups in total. The lowest BCUT2D eigenvalue weighted by Crippen LogP contribution is -2.37. The van der Waals surface area contributed by atoms with Crippen LogP contribution in [0.2, 0.25) is 0 Å². The molecular formula is C29H21BrN2O6S. The van der Waals surface area contributed by atoms with E-state index in [1.807, 2.05) is 18.2 Å². The molecule has 2 saturated heterocycles. The molecule has 2 aliphatic rings. The Kier molecular flexibility index (Phi) is 6.46. The van der Waals surface area contributed by atoms with Gasteiger partial charge in [-0.05, 0) is 54.6 Å². The number of imide groups is 1. The summed E-state index contributed by atoms with van der Waals surface area (Å²) < 4.78 is 32.7. The van der Waals surface area contributed by atoms with Crippen molar-refractivity contribution >= 4 is 49.2 Å². The second kappa shape index (κ2) is 9.96. The van der Waals surface area contributed by atoms with Crippen molar-refractivity contribution in [1.82, 2.24) is 0 Å². The van der Waals surface area contributed by atoms with Gasteiger partial charge in [0.2, 0.25) is 5.91 Å². The SMILES string of the molecule is O=C1[C@@H]2[C@@H](c3ccccc3OS(=O)(=O)c3ccccc3)N(c3ccccc3)O[C@H]2C(=O)N1c1ccc(Br)cc1. The molecular weight excluding hydrogens is 584 g/mol. The summed E-state index contributed by atoms with van der Waals surface area (Å²) in [5.41, 5.74) is 1.42. The van der Waals surface area contributed by atoms with Crippen molar-refractivity contribution in [3.63, 3.8) is 0 Å². The van der Waals surface area contributed by atoms with Crippen molar-refractivity contribution in [2.24, 2.45) is 5.92 Å². The summed E-state index contributed by atoms with van der Waals surface area (Å²) in [7, 11) is -4.18. The molecule has 0 aliphatic carbocycles. The third-order valence-electron chi connectivity index (χ3n) is 6.68. The van der Waals surface area contributed by atoms with Crippen LogP contribution in [0.25, 0.3) is 0 Å². The highest BCUT2D eigenvalue weighted by Gasteiger charge is 2.60. The van der Waals surface area contributed by atoms with Crippen LogP contribution in [0, 0.1) is 5.92 Å². The van der Waals surface area contributed by atoms with Gasteiger partial charge in [-0.3, -0.25) is 14.4 Å². The van der Waals surface area contributed by atoms with Gasteiger partial charge < -0.3 is 4.18 Å². The summed E-state index contributed by atoms with van der Waals surface area (Å²) in [6.07, 6.45) is -1.11. The minimum absolute atomic E-state index is 0.00574. The van der Waals surface area contributed by atoms with Crippen LogP contribution in [0.5, 0.6) is 5.75 Å². The van der Waals surface area contributed by atoms with E-state index in [2.05, 4.69) is 15.9 Å². The third-order valence-corrected chi connectivity index (χ3v) is 8.46. The molecule has 0 saturated carbocycles. The van der Waals surface area contributed by atoms with Crippen LogP contribution in [0.1, 0.15) is 11.6 Å². The van der Waals surface area contributed by atoms with Gasteiger partial charge in [-0.1, -0.05) is 70.5 Å². The number of hydrogen-bond donors (Lipinski definition) is 0. The molecule has 6 rings (SSSR count). The van der Waals surface area contributed by atoms with Crippen molar-refractivity contribution in [1.29, 1.82) is 0 Å². The highest BCUT2D eigenvalue weighted by Crippen LogP contribution is 2.49. The van der Waals surface area contributed by atoms with Crippen LogP contribution in [-0.2, 0) is 24.5 Å². The van der Waals surface area contributed by atoms with E-state index >= 15 is 0 Å². The van der Waals surface area contributed by atoms with Gasteiger partial charge in [-0.2, -0.15) is 8.42 Å². The zero-order valence-electron chi connectivity index (χ0n) is 20.3. The Morgan fingerprint density at radius 2 is 1.33 bits per heavy atom. The first kappa shape index (κ1) is 25.3. The maximum atomic E-state index is 13.9. The van der Waals surface area contributed by atoms with Crippen molar-refractivity contribution in [2.75, 3.05) is 9.96 Å². The van der Waals surface area contributed by atoms with Crippen molar-refractivity contribution in [3.8, 4) is 5.75 Å². The lowest BCUT2D eigenvalue weighted by atomic mass is 9.90. The van der Waals surface area contributed by atoms with E-state index in [1.165, 1.54) is 23.3 Å². The monoisotopic (exact) mass is 604 g/mol. The maximum absolute atomic E-state index is 13.9. The quantitative estimate of drug-likeness (QED) is 0.219. The Balaban J connectivity index is 1.44. The number of carbonyl (C=O) groups excluding carboxylic acids is 2. The number of hydroxylamine groups is 1. The van der Waals surface area contributed by atoms with Crippen LogP contribution in [0.3, 0.4) is 0 Å². The smallest absolute Gasteiger partial charge is 0.339 e. The normalized spacial score (nSPS) is 20.8. The van der Waals surface area contributed by atoms with Gasteiger partial charge in [0.1, 0.15) is 16.6 Å². The summed E-state index contributed by atoms with van der Waals surface area (Å²) in [6, 6.07) is 29.4. The zero-order valence-corrected chi connectivity index (χ0v) is 22.7. The van der Waals surface area contributed by atoms with Gasteiger partial charge in [0.05, 0.1) is 17.4 Å². The molecule has 8 nitrogen and oxygen atoms in total. The molecule has 4 aromatic carbocycles. The lowest BCUT2D eigenvalue weighted by molar-refractivity contribution is -0.126. The fourth-order valence-corrected chi connectivity index (χ4v) is 6.17. The Bertz CT molecular complexity index is 1650. The molecule has 0 bridgehead atoms. The average Bonchev–Trinajstić information content (AvgIpc) is 3.46. The average molecular weight is 605 g/mol. The molecule has 2 heterocycles. The maximum Gasteiger partial charge on any atom is 0.339 e. The van der Waals surface area contributed by atoms with Crippen molar-refractivity contribution < 1.29 is 27.0 Å². The van der Waals surface area contributed by atoms with Crippen LogP contribution in [0.15, 0.2) is 119 Å². The number of nitrogens with zero attached hydrogens (tertiary/aromatic N) is 2. The van der Waals surface area contributed by atoms with Gasteiger partial charge in [0, 0.05) is 10.0 Å². The van der Waals surface area contributed by atoms with E-state index in [4.69, 9.17) is 9.02 Å². The van der Waals surface area contributed by atoms with E-state index in [-0.39, 0.29) is 10.6 Å². The number of benzene rings is 4. The standard InChI is InChI=1S/C29H21BrN2O6S/c30-19-15-17-20(18-16-19)31-28(33)25-26(32(37-27(25)29(31)34)21-9-3-1-4-10-21)23-13-7-8-14-24(23)38-39(35,36)22-11-5-2-6-12-22/h1-18,25-27H/t25-,26-,27-/m1/s1. The van der Waals surface area contributed by atoms with Crippen LogP contribution in [-0.4, -0.2) is 26.3 Å². The van der Waals surface area contributed by atoms with Gasteiger partial charge in [-0.25, -0.2) is 9.96 Å². The van der Waals surface area contributed by atoms with Gasteiger partial charge in [0.25, 0.3) is 5.91 Å². The van der Waals surface area contributed by atoms with E-state index in [9.17, 15) is 18.0 Å². The highest BCUT2D eigenvalue weighted by molar-refractivity contribution is 9.10. The second-order valence-corrected chi connectivity index (χ2v) is 11.5. The molecule has 2 amide bonds. The predicted molar refractivity (Wildman–Crippen MR) is 147 cm³/mol. The zero-order chi connectivity index (χ0) is 27.1. The first-order valence-electron chi connectivity index (χ1n) is 12.1. The van der Waals surface area contributed by atoms with Gasteiger partial charge in [-0.15, -0.1) is 0 Å². The number of carbonyl (C=O) groups is 2. The largest absolute Gasteiger partial charge is 0.379 e. The second-order valence-electron chi connectivity index (χ2n) is 9.03. The summed E-state index contributed by atoms with van der Waals surface area (Å²) in [5.74, 6) is -1.85. The van der Waals surface area contributed by atoms with E-state index in [0.29, 0.717) is 16.9 Å². The van der Waals surface area contributed by atoms with Crippen molar-refractivity contribution in [2.45, 2.75) is 17.0 Å². The fourth-order valence-electron chi connectivity index (χ4n) is 4.93. The van der Waals surface area contributed by atoms with E-state index in [0.717, 1.165) is 9.37 Å². The van der Waals surface area contributed by atoms with Gasteiger partial charge in [0.15, 0.2) is 6.10 Å². The minimum Gasteiger partial charge on any atom is -0.379 e. The Hall–Kier alpha value is -3.99. The van der Waals surface area contributed by atoms with E-state index in [1.54, 1.807) is 72.8 Å². The Labute approximate surface area is 233 Å². The Morgan fingerprint density at radius 1 is 0.718 bits per heavy atom. The number of para-hydroxylation sites is 2. The lowest BCUT2D eigenvalue weighted by Gasteiger charge is -2.29. The molecule has 3 atom stereocenters. The number of rotatable bonds is 6. The molecule has 4 aromatic rings. The molecule has 39 heavy (non-hydrogen) atoms. The number of anilines is 2. The third kappa shape index (κ3) is 4.50. The van der Waals surface area contributed by atoms with Crippen LogP contribution in [0.4, 0.5) is 11.4 Å². The summed E-state index contributed by atoms with van der Waals surface area (Å²) in [4.78, 5) is 34.7. The predicted octanol–water partition coefficient (Wildman–Crippen LogP) is 5.27. The van der Waals surface area contributed by atoms with Crippen molar-refractivity contribution in [3.05, 3.63) is 119 Å². The van der Waals surface area contributed by atoms with Gasteiger partial charge >= 0.3 is 10.1 Å². The van der Waals surface area contributed by atoms with Crippen LogP contribution < -0.4 is 14.1 Å². The molecule has 196 valence electrons. The summed E-state index contributed by atoms with van der Waals surface area (Å²) in [6.45, 7) is 0. The fraction of sp³-hybridized carbons (Fsp3) is 0.103. The molecule has 0 aromatic heterocycles. The first-order chi connectivity index (χ1) is 18.8. The molecule has 0 unspecified atom stereocenters. The topological polar surface area (TPSA) is 93.2 Å². The first-order valence-corrected chi connectivity index (χ1v) is 14.3. The number of hydrogen-bond acceptors (Lipinski definition) is 7. The summed E-state index contributed by atoms with van der Waals surface area (Å²) >= 11 is 3.37. The number of halogens is 1. The minimum atomic E-state index is -4.18. The molecule has 2 fully saturated rings. The van der Waals surface area contributed by atoms with Crippen LogP contribution >= 0.6 is 15.9 Å². The molecule has 2 aliphatic heterocycles. The summed E-state index contributed by atoms with van der Waals surface area (Å²) in [5, 5.41) is 1.50. The molecule has 10 heteroatoms. The molecule has 0 radical (unpaired) electrons. The Morgan fingerprint density at radius 3 is 2.03 bits per heavy atom.